The molecule has 4 heteroatoms. The molecule has 3 rings (SSSR count). The monoisotopic (exact) mass is 267 g/mol. The van der Waals surface area contributed by atoms with Crippen LogP contribution in [0.15, 0.2) is 35.1 Å². The molecule has 102 valence electrons. The number of rotatable bonds is 1. The van der Waals surface area contributed by atoms with Crippen molar-refractivity contribution in [3.05, 3.63) is 57.8 Å². The number of aromatic nitrogens is 3. The second-order valence-corrected chi connectivity index (χ2v) is 5.23. The molecule has 0 radical (unpaired) electrons. The highest BCUT2D eigenvalue weighted by Crippen LogP contribution is 2.20. The van der Waals surface area contributed by atoms with E-state index in [0.717, 1.165) is 33.7 Å². The third-order valence-electron chi connectivity index (χ3n) is 3.65. The topological polar surface area (TPSA) is 39.8 Å². The van der Waals surface area contributed by atoms with Crippen molar-refractivity contribution in [2.45, 2.75) is 20.8 Å². The largest absolute Gasteiger partial charge is 0.333 e. The van der Waals surface area contributed by atoms with E-state index in [2.05, 4.69) is 4.98 Å². The molecule has 0 fully saturated rings. The molecule has 0 saturated heterocycles. The fourth-order valence-corrected chi connectivity index (χ4v) is 2.60. The normalized spacial score (nSPS) is 11.2. The number of nitrogens with zero attached hydrogens (tertiary/aromatic N) is 3. The zero-order valence-electron chi connectivity index (χ0n) is 12.1. The summed E-state index contributed by atoms with van der Waals surface area (Å²) in [5, 5.41) is 0. The molecule has 0 spiro atoms. The van der Waals surface area contributed by atoms with Gasteiger partial charge in [0.1, 0.15) is 0 Å². The van der Waals surface area contributed by atoms with Crippen molar-refractivity contribution in [2.75, 3.05) is 0 Å². The zero-order chi connectivity index (χ0) is 14.4. The predicted molar refractivity (Wildman–Crippen MR) is 80.5 cm³/mol. The summed E-state index contributed by atoms with van der Waals surface area (Å²) in [5.74, 6) is 0. The molecule has 0 saturated carbocycles. The Morgan fingerprint density at radius 1 is 1.00 bits per heavy atom. The maximum atomic E-state index is 12.5. The van der Waals surface area contributed by atoms with Crippen LogP contribution in [0.5, 0.6) is 0 Å². The van der Waals surface area contributed by atoms with Crippen molar-refractivity contribution in [3.63, 3.8) is 0 Å². The summed E-state index contributed by atoms with van der Waals surface area (Å²) in [5.41, 5.74) is 5.61. The van der Waals surface area contributed by atoms with Crippen molar-refractivity contribution in [3.8, 4) is 5.69 Å². The lowest BCUT2D eigenvalue weighted by Gasteiger charge is -2.07. The van der Waals surface area contributed by atoms with Crippen LogP contribution in [-0.4, -0.2) is 14.1 Å². The number of imidazole rings is 1. The first-order valence-corrected chi connectivity index (χ1v) is 6.62. The molecule has 0 aliphatic heterocycles. The van der Waals surface area contributed by atoms with Gasteiger partial charge in [0.25, 0.3) is 0 Å². The van der Waals surface area contributed by atoms with Crippen LogP contribution in [-0.2, 0) is 7.05 Å². The van der Waals surface area contributed by atoms with Crippen molar-refractivity contribution in [1.82, 2.24) is 14.1 Å². The summed E-state index contributed by atoms with van der Waals surface area (Å²) >= 11 is 0. The molecular formula is C16H17N3O. The first kappa shape index (κ1) is 12.7. The van der Waals surface area contributed by atoms with Gasteiger partial charge >= 0.3 is 5.69 Å². The Labute approximate surface area is 117 Å². The van der Waals surface area contributed by atoms with E-state index in [4.69, 9.17) is 0 Å². The SMILES string of the molecule is Cc1ccc2c(c1)n(C)c(=O)n2-c1ccc(C)nc1C. The summed E-state index contributed by atoms with van der Waals surface area (Å²) in [6, 6.07) is 9.94. The van der Waals surface area contributed by atoms with Crippen molar-refractivity contribution >= 4 is 11.0 Å². The molecule has 0 aliphatic rings. The first-order valence-electron chi connectivity index (χ1n) is 6.62. The highest BCUT2D eigenvalue weighted by Gasteiger charge is 2.14. The van der Waals surface area contributed by atoms with Crippen LogP contribution >= 0.6 is 0 Å². The average molecular weight is 267 g/mol. The van der Waals surface area contributed by atoms with E-state index in [1.165, 1.54) is 0 Å². The smallest absolute Gasteiger partial charge is 0.295 e. The van der Waals surface area contributed by atoms with Crippen LogP contribution in [0.2, 0.25) is 0 Å². The van der Waals surface area contributed by atoms with Crippen LogP contribution in [0, 0.1) is 20.8 Å². The van der Waals surface area contributed by atoms with Gasteiger partial charge in [-0.3, -0.25) is 14.1 Å². The van der Waals surface area contributed by atoms with Crippen molar-refractivity contribution < 1.29 is 0 Å². The van der Waals surface area contributed by atoms with Gasteiger partial charge in [0.2, 0.25) is 0 Å². The molecule has 2 heterocycles. The average Bonchev–Trinajstić information content (AvgIpc) is 2.63. The minimum atomic E-state index is -0.0423. The Morgan fingerprint density at radius 3 is 2.45 bits per heavy atom. The summed E-state index contributed by atoms with van der Waals surface area (Å²) < 4.78 is 3.41. The molecule has 4 nitrogen and oxygen atoms in total. The molecule has 2 aromatic heterocycles. The van der Waals surface area contributed by atoms with E-state index in [9.17, 15) is 4.79 Å². The first-order chi connectivity index (χ1) is 9.49. The van der Waals surface area contributed by atoms with E-state index in [1.54, 1.807) is 16.2 Å². The van der Waals surface area contributed by atoms with Gasteiger partial charge < -0.3 is 0 Å². The third-order valence-corrected chi connectivity index (χ3v) is 3.65. The Morgan fingerprint density at radius 2 is 1.75 bits per heavy atom. The van der Waals surface area contributed by atoms with Crippen LogP contribution in [0.4, 0.5) is 0 Å². The van der Waals surface area contributed by atoms with Crippen LogP contribution in [0.3, 0.4) is 0 Å². The summed E-state index contributed by atoms with van der Waals surface area (Å²) in [6.07, 6.45) is 0. The lowest BCUT2D eigenvalue weighted by molar-refractivity contribution is 0.839. The molecule has 0 unspecified atom stereocenters. The fraction of sp³-hybridized carbons (Fsp3) is 0.250. The molecule has 20 heavy (non-hydrogen) atoms. The van der Waals surface area contributed by atoms with Gasteiger partial charge in [-0.15, -0.1) is 0 Å². The third kappa shape index (κ3) is 1.76. The molecule has 0 bridgehead atoms. The predicted octanol–water partition coefficient (Wildman–Crippen LogP) is 2.65. The summed E-state index contributed by atoms with van der Waals surface area (Å²) in [4.78, 5) is 17.0. The lowest BCUT2D eigenvalue weighted by atomic mass is 10.2. The van der Waals surface area contributed by atoms with Crippen LogP contribution in [0.1, 0.15) is 17.0 Å². The van der Waals surface area contributed by atoms with Crippen molar-refractivity contribution in [2.24, 2.45) is 7.05 Å². The number of aryl methyl sites for hydroxylation is 4. The Kier molecular flexibility index (Phi) is 2.74. The maximum Gasteiger partial charge on any atom is 0.333 e. The Hall–Kier alpha value is -2.36. The Balaban J connectivity index is 2.42. The minimum Gasteiger partial charge on any atom is -0.295 e. The number of fused-ring (bicyclic) bond motifs is 1. The lowest BCUT2D eigenvalue weighted by Crippen LogP contribution is -2.21. The van der Waals surface area contributed by atoms with Crippen molar-refractivity contribution in [1.29, 1.82) is 0 Å². The number of benzene rings is 1. The molecule has 0 amide bonds. The fourth-order valence-electron chi connectivity index (χ4n) is 2.60. The molecule has 0 atom stereocenters. The molecular weight excluding hydrogens is 250 g/mol. The summed E-state index contributed by atoms with van der Waals surface area (Å²) in [6.45, 7) is 5.91. The van der Waals surface area contributed by atoms with Crippen LogP contribution < -0.4 is 5.69 Å². The quantitative estimate of drug-likeness (QED) is 0.680. The van der Waals surface area contributed by atoms with E-state index in [-0.39, 0.29) is 5.69 Å². The Bertz CT molecular complexity index is 871. The van der Waals surface area contributed by atoms with E-state index < -0.39 is 0 Å². The molecule has 1 aromatic carbocycles. The minimum absolute atomic E-state index is 0.0423. The second-order valence-electron chi connectivity index (χ2n) is 5.23. The van der Waals surface area contributed by atoms with Gasteiger partial charge in [0, 0.05) is 12.7 Å². The van der Waals surface area contributed by atoms with Gasteiger partial charge in [0.15, 0.2) is 0 Å². The highest BCUT2D eigenvalue weighted by molar-refractivity contribution is 5.79. The van der Waals surface area contributed by atoms with E-state index in [1.807, 2.05) is 51.1 Å². The second kappa shape index (κ2) is 4.34. The van der Waals surface area contributed by atoms with E-state index in [0.29, 0.717) is 0 Å². The number of pyridine rings is 1. The van der Waals surface area contributed by atoms with Gasteiger partial charge in [0.05, 0.1) is 22.4 Å². The van der Waals surface area contributed by atoms with Gasteiger partial charge in [-0.1, -0.05) is 6.07 Å². The highest BCUT2D eigenvalue weighted by atomic mass is 16.1. The van der Waals surface area contributed by atoms with Crippen LogP contribution in [0.25, 0.3) is 16.7 Å². The number of hydrogen-bond donors (Lipinski definition) is 0. The standard InChI is InChI=1S/C16H17N3O/c1-10-5-7-14-15(9-10)18(4)16(20)19(14)13-8-6-11(2)17-12(13)3/h5-9H,1-4H3. The summed E-state index contributed by atoms with van der Waals surface area (Å²) in [7, 11) is 1.80. The van der Waals surface area contributed by atoms with Gasteiger partial charge in [-0.05, 0) is 50.6 Å². The molecule has 0 N–H and O–H groups in total. The maximum absolute atomic E-state index is 12.5. The molecule has 3 aromatic rings. The molecule has 0 aliphatic carbocycles. The van der Waals surface area contributed by atoms with E-state index >= 15 is 0 Å². The zero-order valence-corrected chi connectivity index (χ0v) is 12.1. The van der Waals surface area contributed by atoms with Gasteiger partial charge in [-0.2, -0.15) is 0 Å². The number of hydrogen-bond acceptors (Lipinski definition) is 2. The van der Waals surface area contributed by atoms with Gasteiger partial charge in [-0.25, -0.2) is 4.79 Å².